The second-order valence-electron chi connectivity index (χ2n) is 9.05. The number of aryl methyl sites for hydroxylation is 1. The van der Waals surface area contributed by atoms with Crippen LogP contribution in [0.25, 0.3) is 0 Å². The zero-order valence-corrected chi connectivity index (χ0v) is 22.8. The molecule has 0 radical (unpaired) electrons. The van der Waals surface area contributed by atoms with Gasteiger partial charge in [-0.05, 0) is 85.3 Å². The molecule has 8 heteroatoms. The van der Waals surface area contributed by atoms with E-state index in [0.717, 1.165) is 66.5 Å². The quantitative estimate of drug-likeness (QED) is 0.322. The largest absolute Gasteiger partial charge is 0.493 e. The molecule has 1 aliphatic rings. The predicted octanol–water partition coefficient (Wildman–Crippen LogP) is 4.83. The molecule has 0 aromatic heterocycles. The van der Waals surface area contributed by atoms with Gasteiger partial charge in [0.25, 0.3) is 0 Å². The first-order valence-electron chi connectivity index (χ1n) is 12.7. The van der Waals surface area contributed by atoms with Crippen LogP contribution in [0.3, 0.4) is 0 Å². The van der Waals surface area contributed by atoms with Gasteiger partial charge >= 0.3 is 0 Å². The monoisotopic (exact) mass is 523 g/mol. The number of fused-ring (bicyclic) bond motifs is 1. The number of benzene rings is 3. The van der Waals surface area contributed by atoms with Crippen molar-refractivity contribution in [2.45, 2.75) is 31.7 Å². The molecule has 1 N–H and O–H groups in total. The van der Waals surface area contributed by atoms with E-state index in [1.54, 1.807) is 35.5 Å². The fourth-order valence-electron chi connectivity index (χ4n) is 4.69. The fourth-order valence-corrected chi connectivity index (χ4v) is 4.69. The molecule has 0 spiro atoms. The molecule has 0 saturated carbocycles. The van der Waals surface area contributed by atoms with E-state index >= 15 is 0 Å². The van der Waals surface area contributed by atoms with Gasteiger partial charge in [0.05, 0.1) is 35.5 Å². The Morgan fingerprint density at radius 1 is 0.658 bits per heavy atom. The van der Waals surface area contributed by atoms with E-state index in [2.05, 4.69) is 17.4 Å². The molecule has 1 heterocycles. The summed E-state index contributed by atoms with van der Waals surface area (Å²) in [4.78, 5) is 0. The number of methoxy groups -OCH3 is 5. The van der Waals surface area contributed by atoms with Crippen LogP contribution >= 0.6 is 0 Å². The van der Waals surface area contributed by atoms with Crippen LogP contribution in [0.2, 0.25) is 0 Å². The molecular formula is C30H37NO7. The maximum atomic E-state index is 5.59. The summed E-state index contributed by atoms with van der Waals surface area (Å²) < 4.78 is 38.4. The van der Waals surface area contributed by atoms with E-state index in [4.69, 9.17) is 33.2 Å². The second-order valence-corrected chi connectivity index (χ2v) is 9.05. The van der Waals surface area contributed by atoms with Crippen molar-refractivity contribution in [3.63, 3.8) is 0 Å². The minimum absolute atomic E-state index is 0.219. The van der Waals surface area contributed by atoms with E-state index in [-0.39, 0.29) is 12.8 Å². The van der Waals surface area contributed by atoms with Crippen LogP contribution in [0, 0.1) is 0 Å². The Kier molecular flexibility index (Phi) is 9.43. The summed E-state index contributed by atoms with van der Waals surface area (Å²) in [6.07, 6.45) is 3.50. The van der Waals surface area contributed by atoms with Gasteiger partial charge in [-0.1, -0.05) is 12.1 Å². The maximum Gasteiger partial charge on any atom is 0.231 e. The summed E-state index contributed by atoms with van der Waals surface area (Å²) >= 11 is 0. The second kappa shape index (κ2) is 13.1. The number of ether oxygens (including phenoxy) is 7. The summed E-state index contributed by atoms with van der Waals surface area (Å²) in [6.45, 7) is 1.02. The first kappa shape index (κ1) is 27.3. The van der Waals surface area contributed by atoms with Crippen molar-refractivity contribution in [3.8, 4) is 40.2 Å². The van der Waals surface area contributed by atoms with Gasteiger partial charge in [0.1, 0.15) is 0 Å². The smallest absolute Gasteiger partial charge is 0.231 e. The highest BCUT2D eigenvalue weighted by molar-refractivity contribution is 5.55. The molecule has 4 rings (SSSR count). The van der Waals surface area contributed by atoms with Crippen molar-refractivity contribution in [1.29, 1.82) is 0 Å². The van der Waals surface area contributed by atoms with E-state index in [1.807, 2.05) is 36.4 Å². The average molecular weight is 524 g/mol. The zero-order valence-electron chi connectivity index (χ0n) is 22.8. The van der Waals surface area contributed by atoms with Crippen LogP contribution in [0.1, 0.15) is 23.1 Å². The molecule has 3 aromatic carbocycles. The van der Waals surface area contributed by atoms with Crippen molar-refractivity contribution in [2.24, 2.45) is 0 Å². The summed E-state index contributed by atoms with van der Waals surface area (Å²) in [7, 11) is 8.27. The van der Waals surface area contributed by atoms with E-state index in [9.17, 15) is 0 Å². The standard InChI is InChI=1S/C30H37NO7/c1-32-24-10-7-20(15-26(24)34-3)6-9-23(14-21-8-11-25(33-2)27(16-21)35-4)31-13-12-22-17-28(36-5)30-29(18-22)37-19-38-30/h7-8,10-11,15-18,23,31H,6,9,12-14,19H2,1-5H3. The molecule has 1 aliphatic heterocycles. The van der Waals surface area contributed by atoms with Crippen LogP contribution in [0.4, 0.5) is 0 Å². The first-order chi connectivity index (χ1) is 18.6. The van der Waals surface area contributed by atoms with Gasteiger partial charge in [-0.25, -0.2) is 0 Å². The van der Waals surface area contributed by atoms with Gasteiger partial charge in [0.15, 0.2) is 34.5 Å². The van der Waals surface area contributed by atoms with E-state index in [0.29, 0.717) is 11.5 Å². The predicted molar refractivity (Wildman–Crippen MR) is 146 cm³/mol. The Morgan fingerprint density at radius 3 is 1.92 bits per heavy atom. The lowest BCUT2D eigenvalue weighted by atomic mass is 9.98. The van der Waals surface area contributed by atoms with Crippen molar-refractivity contribution in [3.05, 3.63) is 65.2 Å². The molecular weight excluding hydrogens is 486 g/mol. The molecule has 0 bridgehead atoms. The van der Waals surface area contributed by atoms with Crippen molar-refractivity contribution in [1.82, 2.24) is 5.32 Å². The summed E-state index contributed by atoms with van der Waals surface area (Å²) in [5.74, 6) is 5.03. The van der Waals surface area contributed by atoms with Crippen molar-refractivity contribution in [2.75, 3.05) is 48.9 Å². The summed E-state index contributed by atoms with van der Waals surface area (Å²) in [6, 6.07) is 16.5. The Balaban J connectivity index is 1.46. The molecule has 204 valence electrons. The number of nitrogens with one attached hydrogen (secondary N) is 1. The van der Waals surface area contributed by atoms with Crippen molar-refractivity contribution < 1.29 is 33.2 Å². The fraction of sp³-hybridized carbons (Fsp3) is 0.400. The first-order valence-corrected chi connectivity index (χ1v) is 12.7. The Hall–Kier alpha value is -3.78. The minimum Gasteiger partial charge on any atom is -0.493 e. The molecule has 8 nitrogen and oxygen atoms in total. The van der Waals surface area contributed by atoms with Crippen LogP contribution in [0.5, 0.6) is 40.2 Å². The Bertz CT molecular complexity index is 1210. The highest BCUT2D eigenvalue weighted by atomic mass is 16.7. The third-order valence-corrected chi connectivity index (χ3v) is 6.72. The van der Waals surface area contributed by atoms with Crippen LogP contribution in [0.15, 0.2) is 48.5 Å². The van der Waals surface area contributed by atoms with Gasteiger partial charge in [0, 0.05) is 6.04 Å². The normalized spacial score (nSPS) is 12.7. The zero-order chi connectivity index (χ0) is 26.9. The highest BCUT2D eigenvalue weighted by Crippen LogP contribution is 2.42. The van der Waals surface area contributed by atoms with Crippen LogP contribution in [-0.4, -0.2) is 54.9 Å². The maximum absolute atomic E-state index is 5.59. The average Bonchev–Trinajstić information content (AvgIpc) is 3.43. The molecule has 0 amide bonds. The third kappa shape index (κ3) is 6.55. The highest BCUT2D eigenvalue weighted by Gasteiger charge is 2.20. The van der Waals surface area contributed by atoms with E-state index in [1.165, 1.54) is 11.1 Å². The molecule has 0 fully saturated rings. The SMILES string of the molecule is COc1ccc(CCC(Cc2ccc(OC)c(OC)c2)NCCc2cc(OC)c3c(c2)OCO3)cc1OC. The molecule has 0 aliphatic carbocycles. The number of hydrogen-bond acceptors (Lipinski definition) is 8. The molecule has 3 aromatic rings. The molecule has 38 heavy (non-hydrogen) atoms. The van der Waals surface area contributed by atoms with Gasteiger partial charge in [-0.3, -0.25) is 0 Å². The lowest BCUT2D eigenvalue weighted by Gasteiger charge is -2.20. The van der Waals surface area contributed by atoms with Crippen molar-refractivity contribution >= 4 is 0 Å². The Morgan fingerprint density at radius 2 is 1.26 bits per heavy atom. The molecule has 1 unspecified atom stereocenters. The molecule has 1 atom stereocenters. The van der Waals surface area contributed by atoms with Gasteiger partial charge in [0.2, 0.25) is 12.5 Å². The minimum atomic E-state index is 0.219. The van der Waals surface area contributed by atoms with Gasteiger partial charge in [-0.15, -0.1) is 0 Å². The van der Waals surface area contributed by atoms with Crippen LogP contribution in [-0.2, 0) is 19.3 Å². The number of rotatable bonds is 14. The summed E-state index contributed by atoms with van der Waals surface area (Å²) in [5, 5.41) is 3.77. The van der Waals surface area contributed by atoms with Gasteiger partial charge < -0.3 is 38.5 Å². The lowest BCUT2D eigenvalue weighted by Crippen LogP contribution is -2.33. The lowest BCUT2D eigenvalue weighted by molar-refractivity contribution is 0.171. The van der Waals surface area contributed by atoms with Crippen LogP contribution < -0.4 is 38.5 Å². The van der Waals surface area contributed by atoms with Gasteiger partial charge in [-0.2, -0.15) is 0 Å². The third-order valence-electron chi connectivity index (χ3n) is 6.72. The number of hydrogen-bond donors (Lipinski definition) is 1. The van der Waals surface area contributed by atoms with E-state index < -0.39 is 0 Å². The molecule has 0 saturated heterocycles. The topological polar surface area (TPSA) is 76.6 Å². The Labute approximate surface area is 224 Å². The summed E-state index contributed by atoms with van der Waals surface area (Å²) in [5.41, 5.74) is 3.50.